The highest BCUT2D eigenvalue weighted by Crippen LogP contribution is 2.44. The fourth-order valence-electron chi connectivity index (χ4n) is 5.10. The number of anilines is 2. The van der Waals surface area contributed by atoms with Gasteiger partial charge in [-0.05, 0) is 53.7 Å². The predicted molar refractivity (Wildman–Crippen MR) is 185 cm³/mol. The minimum absolute atomic E-state index is 0. The van der Waals surface area contributed by atoms with Gasteiger partial charge in [-0.1, -0.05) is 7.43 Å². The third kappa shape index (κ3) is 12.8. The molecule has 0 spiro atoms. The van der Waals surface area contributed by atoms with Crippen LogP contribution in [-0.4, -0.2) is 81.4 Å². The highest BCUT2D eigenvalue weighted by atomic mass is 19.4. The number of carbonyl (C=O) groups excluding carboxylic acids is 2. The van der Waals surface area contributed by atoms with E-state index >= 15 is 0 Å². The lowest BCUT2D eigenvalue weighted by Crippen LogP contribution is -2.36. The van der Waals surface area contributed by atoms with Gasteiger partial charge in [0.15, 0.2) is 5.75 Å². The summed E-state index contributed by atoms with van der Waals surface area (Å²) in [5.41, 5.74) is 4.74. The summed E-state index contributed by atoms with van der Waals surface area (Å²) in [6.07, 6.45) is -11.3. The van der Waals surface area contributed by atoms with Crippen LogP contribution in [0.5, 0.6) is 11.5 Å². The monoisotopic (exact) mass is 798 g/mol. The van der Waals surface area contributed by atoms with Crippen LogP contribution in [0.15, 0.2) is 24.3 Å². The second-order valence-electron chi connectivity index (χ2n) is 14.2. The fourth-order valence-corrected chi connectivity index (χ4v) is 5.10. The Kier molecular flexibility index (Phi) is 14.1. The molecule has 2 saturated heterocycles. The van der Waals surface area contributed by atoms with Gasteiger partial charge < -0.3 is 40.2 Å². The topological polar surface area (TPSA) is 216 Å². The molecule has 2 aliphatic heterocycles. The van der Waals surface area contributed by atoms with E-state index in [0.29, 0.717) is 13.0 Å². The molecular weight excluding hydrogens is 754 g/mol. The summed E-state index contributed by atoms with van der Waals surface area (Å²) < 4.78 is 98.5. The normalized spacial score (nSPS) is 17.4. The van der Waals surface area contributed by atoms with Crippen molar-refractivity contribution in [3.8, 4) is 11.5 Å². The first-order valence-electron chi connectivity index (χ1n) is 16.1. The molecule has 0 bridgehead atoms. The zero-order valence-electron chi connectivity index (χ0n) is 30.0. The van der Waals surface area contributed by atoms with Crippen molar-refractivity contribution >= 4 is 34.9 Å². The zero-order chi connectivity index (χ0) is 41.1. The van der Waals surface area contributed by atoms with E-state index in [0.717, 1.165) is 12.1 Å². The number of amides is 2. The number of nitro groups is 2. The predicted octanol–water partition coefficient (Wildman–Crippen LogP) is 7.80. The number of rotatable bonds is 6. The Bertz CT molecular complexity index is 1690. The number of likely N-dealkylation sites (tertiary alicyclic amines) is 2. The lowest BCUT2D eigenvalue weighted by molar-refractivity contribution is -0.396. The van der Waals surface area contributed by atoms with Gasteiger partial charge in [-0.3, -0.25) is 20.2 Å². The molecule has 55 heavy (non-hydrogen) atoms. The Morgan fingerprint density at radius 2 is 1.00 bits per heavy atom. The van der Waals surface area contributed by atoms with Crippen LogP contribution in [0.2, 0.25) is 0 Å². The summed E-state index contributed by atoms with van der Waals surface area (Å²) in [4.78, 5) is 46.9. The van der Waals surface area contributed by atoms with E-state index in [2.05, 4.69) is 0 Å². The Balaban J connectivity index is 0.000000377. The number of nitrogens with two attached hydrogens (primary N) is 2. The van der Waals surface area contributed by atoms with Crippen molar-refractivity contribution in [3.05, 3.63) is 55.6 Å². The van der Waals surface area contributed by atoms with Gasteiger partial charge in [-0.15, -0.1) is 0 Å². The van der Waals surface area contributed by atoms with Crippen molar-refractivity contribution in [2.45, 2.75) is 97.6 Å². The quantitative estimate of drug-likeness (QED) is 0.124. The van der Waals surface area contributed by atoms with Crippen molar-refractivity contribution < 1.29 is 64.7 Å². The lowest BCUT2D eigenvalue weighted by Gasteiger charge is -2.24. The number of hydrogen-bond acceptors (Lipinski definition) is 12. The average Bonchev–Trinajstić information content (AvgIpc) is 3.66. The maximum atomic E-state index is 12.9. The third-order valence-electron chi connectivity index (χ3n) is 7.41. The smallest absolute Gasteiger partial charge is 0.416 e. The van der Waals surface area contributed by atoms with Gasteiger partial charge in [-0.2, -0.15) is 26.3 Å². The number of halogens is 6. The molecule has 2 aliphatic rings. The van der Waals surface area contributed by atoms with Gasteiger partial charge in [0, 0.05) is 38.1 Å². The van der Waals surface area contributed by atoms with Gasteiger partial charge >= 0.3 is 35.9 Å². The van der Waals surface area contributed by atoms with Crippen LogP contribution >= 0.6 is 0 Å². The van der Waals surface area contributed by atoms with E-state index in [1.54, 1.807) is 41.5 Å². The van der Waals surface area contributed by atoms with Gasteiger partial charge in [-0.25, -0.2) is 9.59 Å². The van der Waals surface area contributed by atoms with E-state index in [1.165, 1.54) is 9.80 Å². The third-order valence-corrected chi connectivity index (χ3v) is 7.41. The molecule has 0 unspecified atom stereocenters. The first-order valence-corrected chi connectivity index (χ1v) is 16.1. The Morgan fingerprint density at radius 1 is 0.673 bits per heavy atom. The number of benzene rings is 2. The largest absolute Gasteiger partial charge is 0.484 e. The molecule has 2 aromatic rings. The van der Waals surface area contributed by atoms with Crippen LogP contribution in [0.1, 0.15) is 72.9 Å². The molecule has 2 heterocycles. The van der Waals surface area contributed by atoms with Crippen LogP contribution in [-0.2, 0) is 21.8 Å². The molecule has 0 aliphatic carbocycles. The molecule has 2 fully saturated rings. The summed E-state index contributed by atoms with van der Waals surface area (Å²) in [5, 5.41) is 22.5. The highest BCUT2D eigenvalue weighted by molar-refractivity contribution is 5.70. The van der Waals surface area contributed by atoms with Crippen LogP contribution in [0, 0.1) is 20.2 Å². The Hall–Kier alpha value is -5.44. The molecule has 2 aromatic carbocycles. The summed E-state index contributed by atoms with van der Waals surface area (Å²) in [6, 6.07) is 1.93. The van der Waals surface area contributed by atoms with Crippen molar-refractivity contribution in [2.24, 2.45) is 0 Å². The van der Waals surface area contributed by atoms with Gasteiger partial charge in [0.1, 0.15) is 23.4 Å². The number of nitro benzene ring substituents is 2. The van der Waals surface area contributed by atoms with Crippen LogP contribution < -0.4 is 20.9 Å². The summed E-state index contributed by atoms with van der Waals surface area (Å²) in [6.45, 7) is 11.0. The van der Waals surface area contributed by atoms with E-state index < -0.39 is 86.0 Å². The highest BCUT2D eigenvalue weighted by Gasteiger charge is 2.41. The second-order valence-corrected chi connectivity index (χ2v) is 14.2. The molecule has 0 saturated carbocycles. The van der Waals surface area contributed by atoms with E-state index in [9.17, 15) is 56.2 Å². The molecule has 4 rings (SSSR count). The molecule has 2 amide bonds. The number of nitrogens with zero attached hydrogens (tertiary/aromatic N) is 4. The van der Waals surface area contributed by atoms with Crippen LogP contribution in [0.3, 0.4) is 0 Å². The molecular formula is C33H44F6N6O10. The van der Waals surface area contributed by atoms with Crippen molar-refractivity contribution in [1.29, 1.82) is 0 Å². The van der Waals surface area contributed by atoms with E-state index in [-0.39, 0.29) is 62.7 Å². The summed E-state index contributed by atoms with van der Waals surface area (Å²) in [5.74, 6) is -0.881. The SMILES string of the molecule is C.CC(C)(C)OC(=O)N1CC[C@@H](Oc2c(N)cc(C(F)(F)F)cc2N)C1.CC(C)(C)OC(=O)N1CC[C@@H](Oc2c([N+](=O)[O-])cc(C(F)(F)F)cc2[N+](=O)[O-])C1. The minimum atomic E-state index is -5.02. The number of alkyl halides is 6. The summed E-state index contributed by atoms with van der Waals surface area (Å²) >= 11 is 0. The first-order chi connectivity index (χ1) is 24.6. The fraction of sp³-hybridized carbons (Fsp3) is 0.576. The van der Waals surface area contributed by atoms with Crippen LogP contribution in [0.25, 0.3) is 0 Å². The average molecular weight is 799 g/mol. The molecule has 22 heteroatoms. The van der Waals surface area contributed by atoms with Gasteiger partial charge in [0.2, 0.25) is 0 Å². The standard InChI is InChI=1S/C16H18F3N3O7.C16H22F3N3O3.CH4/c1-15(2,3)29-14(23)20-5-4-10(8-20)28-13-11(21(24)25)6-9(16(17,18)19)7-12(13)22(26)27;1-15(2,3)25-14(23)22-5-4-10(8-22)24-13-11(20)6-9(7-12(13)21)16(17,18)19;/h6-7,10H,4-5,8H2,1-3H3;6-7,10H,4-5,8,20-21H2,1-3H3;1H4/t2*10-;/m11./s1. The lowest BCUT2D eigenvalue weighted by atomic mass is 10.1. The number of carbonyl (C=O) groups is 2. The summed E-state index contributed by atoms with van der Waals surface area (Å²) in [7, 11) is 0. The zero-order valence-corrected chi connectivity index (χ0v) is 30.0. The molecule has 16 nitrogen and oxygen atoms in total. The number of hydrogen-bond donors (Lipinski definition) is 2. The van der Waals surface area contributed by atoms with Gasteiger partial charge in [0.25, 0.3) is 5.75 Å². The Morgan fingerprint density at radius 3 is 1.31 bits per heavy atom. The van der Waals surface area contributed by atoms with Crippen molar-refractivity contribution in [2.75, 3.05) is 37.6 Å². The van der Waals surface area contributed by atoms with Crippen molar-refractivity contribution in [1.82, 2.24) is 9.80 Å². The van der Waals surface area contributed by atoms with E-state index in [1.807, 2.05) is 0 Å². The molecule has 4 N–H and O–H groups in total. The molecule has 0 radical (unpaired) electrons. The first kappa shape index (κ1) is 45.7. The maximum absolute atomic E-state index is 12.9. The van der Waals surface area contributed by atoms with Crippen LogP contribution in [0.4, 0.5) is 58.7 Å². The Labute approximate surface area is 311 Å². The second kappa shape index (κ2) is 16.9. The van der Waals surface area contributed by atoms with E-state index in [4.69, 9.17) is 30.4 Å². The molecule has 2 atom stereocenters. The van der Waals surface area contributed by atoms with Gasteiger partial charge in [0.05, 0.1) is 45.4 Å². The minimum Gasteiger partial charge on any atom is -0.484 e. The molecule has 308 valence electrons. The maximum Gasteiger partial charge on any atom is 0.416 e. The van der Waals surface area contributed by atoms with Crippen molar-refractivity contribution in [3.63, 3.8) is 0 Å². The number of ether oxygens (including phenoxy) is 4. The molecule has 0 aromatic heterocycles. The number of nitrogen functional groups attached to an aromatic ring is 2.